The molecular formula is C27H46N4OS. The predicted octanol–water partition coefficient (Wildman–Crippen LogP) is 4.99. The van der Waals surface area contributed by atoms with E-state index < -0.39 is 0 Å². The maximum absolute atomic E-state index is 6.13. The molecule has 3 rings (SSSR count). The Morgan fingerprint density at radius 3 is 1.79 bits per heavy atom. The lowest BCUT2D eigenvalue weighted by atomic mass is 9.78. The largest absolute Gasteiger partial charge is 0.497 e. The zero-order chi connectivity index (χ0) is 24.7. The molecule has 2 saturated heterocycles. The molecule has 33 heavy (non-hydrogen) atoms. The standard InChI is InChI=1S/C27H46N4OS/c1-24(2)14-20(15-25(3,4)29-24)28-23(33)31(18-19-10-12-22(32-9)13-11-19)21-16-26(5,6)30-27(7,8)17-21/h10-13,20-21,29-30H,14-18H2,1-9H3,(H,28,33). The van der Waals surface area contributed by atoms with Crippen molar-refractivity contribution in [3.05, 3.63) is 29.8 Å². The van der Waals surface area contributed by atoms with Crippen LogP contribution in [0.1, 0.15) is 86.6 Å². The Bertz CT molecular complexity index is 799. The summed E-state index contributed by atoms with van der Waals surface area (Å²) in [5.41, 5.74) is 1.51. The number of thiocarbonyl (C=S) groups is 1. The molecule has 5 nitrogen and oxygen atoms in total. The Labute approximate surface area is 207 Å². The van der Waals surface area contributed by atoms with Crippen LogP contribution in [0.2, 0.25) is 0 Å². The van der Waals surface area contributed by atoms with Gasteiger partial charge in [0.1, 0.15) is 5.75 Å². The van der Waals surface area contributed by atoms with Crippen molar-refractivity contribution in [3.63, 3.8) is 0 Å². The predicted molar refractivity (Wildman–Crippen MR) is 143 cm³/mol. The first kappa shape index (κ1) is 26.2. The molecule has 2 fully saturated rings. The van der Waals surface area contributed by atoms with Crippen LogP contribution in [0.25, 0.3) is 0 Å². The summed E-state index contributed by atoms with van der Waals surface area (Å²) < 4.78 is 5.37. The maximum Gasteiger partial charge on any atom is 0.169 e. The van der Waals surface area contributed by atoms with Gasteiger partial charge in [-0.05, 0) is 111 Å². The van der Waals surface area contributed by atoms with E-state index in [-0.39, 0.29) is 22.2 Å². The topological polar surface area (TPSA) is 48.6 Å². The summed E-state index contributed by atoms with van der Waals surface area (Å²) >= 11 is 6.13. The molecule has 0 aromatic heterocycles. The van der Waals surface area contributed by atoms with Crippen molar-refractivity contribution in [2.75, 3.05) is 7.11 Å². The quantitative estimate of drug-likeness (QED) is 0.523. The molecule has 0 unspecified atom stereocenters. The van der Waals surface area contributed by atoms with E-state index in [2.05, 4.69) is 88.4 Å². The third kappa shape index (κ3) is 7.30. The van der Waals surface area contributed by atoms with Crippen LogP contribution in [0.4, 0.5) is 0 Å². The minimum Gasteiger partial charge on any atom is -0.497 e. The summed E-state index contributed by atoms with van der Waals surface area (Å²) in [5.74, 6) is 0.884. The maximum atomic E-state index is 6.13. The number of nitrogens with one attached hydrogen (secondary N) is 3. The molecule has 2 aliphatic heterocycles. The van der Waals surface area contributed by atoms with E-state index in [4.69, 9.17) is 17.0 Å². The second kappa shape index (κ2) is 9.35. The molecule has 0 spiro atoms. The molecule has 1 aromatic carbocycles. The minimum absolute atomic E-state index is 0.0545. The molecule has 6 heteroatoms. The normalized spacial score (nSPS) is 24.2. The van der Waals surface area contributed by atoms with Gasteiger partial charge in [-0.15, -0.1) is 0 Å². The van der Waals surface area contributed by atoms with Gasteiger partial charge in [-0.25, -0.2) is 0 Å². The van der Waals surface area contributed by atoms with E-state index in [0.29, 0.717) is 12.1 Å². The van der Waals surface area contributed by atoms with Gasteiger partial charge in [0.15, 0.2) is 5.11 Å². The number of hydrogen-bond acceptors (Lipinski definition) is 4. The van der Waals surface area contributed by atoms with Gasteiger partial charge < -0.3 is 25.6 Å². The Morgan fingerprint density at radius 2 is 1.33 bits per heavy atom. The zero-order valence-corrected chi connectivity index (χ0v) is 23.1. The van der Waals surface area contributed by atoms with Crippen molar-refractivity contribution in [1.29, 1.82) is 0 Å². The van der Waals surface area contributed by atoms with Crippen LogP contribution < -0.4 is 20.7 Å². The van der Waals surface area contributed by atoms with E-state index in [1.54, 1.807) is 7.11 Å². The number of benzene rings is 1. The lowest BCUT2D eigenvalue weighted by Gasteiger charge is -2.51. The van der Waals surface area contributed by atoms with Crippen molar-refractivity contribution in [1.82, 2.24) is 20.9 Å². The smallest absolute Gasteiger partial charge is 0.169 e. The van der Waals surface area contributed by atoms with E-state index in [1.807, 2.05) is 12.1 Å². The molecule has 0 atom stereocenters. The van der Waals surface area contributed by atoms with E-state index in [0.717, 1.165) is 43.1 Å². The van der Waals surface area contributed by atoms with Gasteiger partial charge in [-0.2, -0.15) is 0 Å². The molecule has 2 heterocycles. The van der Waals surface area contributed by atoms with Gasteiger partial charge in [0.2, 0.25) is 0 Å². The summed E-state index contributed by atoms with van der Waals surface area (Å²) in [5, 5.41) is 12.3. The minimum atomic E-state index is 0.0545. The number of rotatable bonds is 5. The fourth-order valence-corrected chi connectivity index (χ4v) is 6.85. The van der Waals surface area contributed by atoms with Crippen molar-refractivity contribution < 1.29 is 4.74 Å². The van der Waals surface area contributed by atoms with Crippen molar-refractivity contribution in [3.8, 4) is 5.75 Å². The van der Waals surface area contributed by atoms with Crippen LogP contribution in [0.5, 0.6) is 5.75 Å². The SMILES string of the molecule is COc1ccc(CN(C(=S)NC2CC(C)(C)NC(C)(C)C2)C2CC(C)(C)NC(C)(C)C2)cc1. The second-order valence-corrected chi connectivity index (χ2v) is 13.3. The monoisotopic (exact) mass is 474 g/mol. The summed E-state index contributed by atoms with van der Waals surface area (Å²) in [6, 6.07) is 9.10. The third-order valence-electron chi connectivity index (χ3n) is 6.90. The molecule has 1 aromatic rings. The van der Waals surface area contributed by atoms with E-state index in [9.17, 15) is 0 Å². The molecule has 2 aliphatic rings. The molecule has 0 aliphatic carbocycles. The van der Waals surface area contributed by atoms with Crippen LogP contribution >= 0.6 is 12.2 Å². The van der Waals surface area contributed by atoms with Gasteiger partial charge in [0.25, 0.3) is 0 Å². The first-order valence-electron chi connectivity index (χ1n) is 12.4. The highest BCUT2D eigenvalue weighted by atomic mass is 32.1. The summed E-state index contributed by atoms with van der Waals surface area (Å²) in [4.78, 5) is 2.45. The summed E-state index contributed by atoms with van der Waals surface area (Å²) in [6.07, 6.45) is 4.21. The number of methoxy groups -OCH3 is 1. The van der Waals surface area contributed by atoms with Crippen LogP contribution in [0.15, 0.2) is 24.3 Å². The highest BCUT2D eigenvalue weighted by Crippen LogP contribution is 2.33. The third-order valence-corrected chi connectivity index (χ3v) is 7.25. The number of piperidine rings is 2. The Morgan fingerprint density at radius 1 is 0.879 bits per heavy atom. The average molecular weight is 475 g/mol. The van der Waals surface area contributed by atoms with Gasteiger partial charge in [-0.3, -0.25) is 0 Å². The van der Waals surface area contributed by atoms with E-state index in [1.165, 1.54) is 5.56 Å². The number of ether oxygens (including phenoxy) is 1. The molecule has 186 valence electrons. The first-order chi connectivity index (χ1) is 15.1. The van der Waals surface area contributed by atoms with Gasteiger partial charge in [-0.1, -0.05) is 12.1 Å². The average Bonchev–Trinajstić information content (AvgIpc) is 2.61. The second-order valence-electron chi connectivity index (χ2n) is 12.9. The summed E-state index contributed by atoms with van der Waals surface area (Å²) in [6.45, 7) is 19.2. The molecular weight excluding hydrogens is 428 g/mol. The van der Waals surface area contributed by atoms with Crippen LogP contribution in [-0.2, 0) is 6.54 Å². The van der Waals surface area contributed by atoms with Crippen molar-refractivity contribution in [2.24, 2.45) is 0 Å². The Hall–Kier alpha value is -1.37. The first-order valence-corrected chi connectivity index (χ1v) is 12.8. The molecule has 0 saturated carbocycles. The van der Waals surface area contributed by atoms with Crippen molar-refractivity contribution in [2.45, 2.75) is 122 Å². The van der Waals surface area contributed by atoms with Crippen LogP contribution in [0, 0.1) is 0 Å². The van der Waals surface area contributed by atoms with Gasteiger partial charge in [0, 0.05) is 40.8 Å². The van der Waals surface area contributed by atoms with Crippen molar-refractivity contribution >= 4 is 17.3 Å². The van der Waals surface area contributed by atoms with E-state index >= 15 is 0 Å². The van der Waals surface area contributed by atoms with Crippen LogP contribution in [-0.4, -0.2) is 51.4 Å². The Balaban J connectivity index is 1.84. The zero-order valence-electron chi connectivity index (χ0n) is 22.3. The van der Waals surface area contributed by atoms with Crippen LogP contribution in [0.3, 0.4) is 0 Å². The summed E-state index contributed by atoms with van der Waals surface area (Å²) in [7, 11) is 1.71. The number of nitrogens with zero attached hydrogens (tertiary/aromatic N) is 1. The van der Waals surface area contributed by atoms with Gasteiger partial charge in [0.05, 0.1) is 7.11 Å². The lowest BCUT2D eigenvalue weighted by molar-refractivity contribution is 0.0972. The highest BCUT2D eigenvalue weighted by Gasteiger charge is 2.42. The Kier molecular flexibility index (Phi) is 7.43. The fourth-order valence-electron chi connectivity index (χ4n) is 6.47. The highest BCUT2D eigenvalue weighted by molar-refractivity contribution is 7.80. The molecule has 0 amide bonds. The number of hydrogen-bond donors (Lipinski definition) is 3. The lowest BCUT2D eigenvalue weighted by Crippen LogP contribution is -2.65. The fraction of sp³-hybridized carbons (Fsp3) is 0.741. The van der Waals surface area contributed by atoms with Gasteiger partial charge >= 0.3 is 0 Å². The molecule has 3 N–H and O–H groups in total. The molecule has 0 bridgehead atoms. The molecule has 0 radical (unpaired) electrons.